The van der Waals surface area contributed by atoms with Gasteiger partial charge in [0.15, 0.2) is 5.43 Å². The number of amides is 1. The summed E-state index contributed by atoms with van der Waals surface area (Å²) in [6, 6.07) is 22.0. The minimum atomic E-state index is -0.532. The molecule has 5 heteroatoms. The zero-order chi connectivity index (χ0) is 21.5. The normalized spacial score (nSPS) is 15.4. The third-order valence-corrected chi connectivity index (χ3v) is 5.78. The summed E-state index contributed by atoms with van der Waals surface area (Å²) in [7, 11) is 1.61. The van der Waals surface area contributed by atoms with Gasteiger partial charge in [-0.2, -0.15) is 0 Å². The van der Waals surface area contributed by atoms with Gasteiger partial charge in [0.05, 0.1) is 24.1 Å². The third-order valence-electron chi connectivity index (χ3n) is 5.78. The van der Waals surface area contributed by atoms with E-state index in [0.717, 1.165) is 16.7 Å². The van der Waals surface area contributed by atoms with E-state index in [9.17, 15) is 9.59 Å². The molecule has 1 aliphatic rings. The van der Waals surface area contributed by atoms with Crippen LogP contribution < -0.4 is 10.2 Å². The number of carbonyl (C=O) groups excluding carboxylic acids is 1. The molecule has 154 valence electrons. The van der Waals surface area contributed by atoms with Crippen molar-refractivity contribution in [2.45, 2.75) is 19.5 Å². The maximum Gasteiger partial charge on any atom is 0.291 e. The van der Waals surface area contributed by atoms with Crippen molar-refractivity contribution >= 4 is 16.9 Å². The van der Waals surface area contributed by atoms with Gasteiger partial charge >= 0.3 is 0 Å². The fraction of sp³-hybridized carbons (Fsp3) is 0.154. The van der Waals surface area contributed by atoms with Crippen LogP contribution in [0.3, 0.4) is 0 Å². The van der Waals surface area contributed by atoms with Gasteiger partial charge in [-0.15, -0.1) is 0 Å². The molecule has 0 saturated carbocycles. The van der Waals surface area contributed by atoms with Gasteiger partial charge in [0.2, 0.25) is 5.76 Å². The Balaban J connectivity index is 1.69. The standard InChI is InChI=1S/C26H21NO4/c1-16-7-9-17(10-8-16)15-27-23(18-11-13-19(30-2)14-12-18)22-24(28)20-5-3-4-6-21(20)31-25(22)26(27)29/h3-14,23H,15H2,1-2H3/t23-/m1/s1. The number of hydrogen-bond donors (Lipinski definition) is 0. The first-order valence-electron chi connectivity index (χ1n) is 10.1. The van der Waals surface area contributed by atoms with Gasteiger partial charge in [-0.3, -0.25) is 9.59 Å². The molecule has 5 rings (SSSR count). The van der Waals surface area contributed by atoms with Crippen LogP contribution in [0.1, 0.15) is 38.9 Å². The maximum atomic E-state index is 13.5. The van der Waals surface area contributed by atoms with Crippen molar-refractivity contribution in [2.75, 3.05) is 7.11 Å². The summed E-state index contributed by atoms with van der Waals surface area (Å²) in [5, 5.41) is 0.477. The van der Waals surface area contributed by atoms with E-state index in [1.165, 1.54) is 0 Å². The third kappa shape index (κ3) is 3.19. The Hall–Kier alpha value is -3.86. The summed E-state index contributed by atoms with van der Waals surface area (Å²) in [6.45, 7) is 2.39. The monoisotopic (exact) mass is 411 g/mol. The molecule has 5 nitrogen and oxygen atoms in total. The van der Waals surface area contributed by atoms with Crippen molar-refractivity contribution in [3.63, 3.8) is 0 Å². The van der Waals surface area contributed by atoms with E-state index in [2.05, 4.69) is 0 Å². The minimum absolute atomic E-state index is 0.122. The first kappa shape index (κ1) is 19.1. The predicted molar refractivity (Wildman–Crippen MR) is 118 cm³/mol. The van der Waals surface area contributed by atoms with Crippen LogP contribution >= 0.6 is 0 Å². The summed E-state index contributed by atoms with van der Waals surface area (Å²) in [6.07, 6.45) is 0. The molecule has 0 aliphatic carbocycles. The number of carbonyl (C=O) groups is 1. The Kier molecular flexibility index (Phi) is 4.59. The number of rotatable bonds is 4. The fourth-order valence-corrected chi connectivity index (χ4v) is 4.15. The SMILES string of the molecule is COc1ccc([C@@H]2c3c(oc4ccccc4c3=O)C(=O)N2Cc2ccc(C)cc2)cc1. The Labute approximate surface area is 179 Å². The van der Waals surface area contributed by atoms with Crippen molar-refractivity contribution in [2.24, 2.45) is 0 Å². The summed E-state index contributed by atoms with van der Waals surface area (Å²) in [5.74, 6) is 0.555. The second kappa shape index (κ2) is 7.43. The number of nitrogens with zero attached hydrogens (tertiary/aromatic N) is 1. The molecule has 0 spiro atoms. The number of hydrogen-bond acceptors (Lipinski definition) is 4. The Morgan fingerprint density at radius 3 is 2.35 bits per heavy atom. The number of benzene rings is 3. The molecule has 0 saturated heterocycles. The lowest BCUT2D eigenvalue weighted by molar-refractivity contribution is 0.0714. The highest BCUT2D eigenvalue weighted by Crippen LogP contribution is 2.39. The van der Waals surface area contributed by atoms with Crippen molar-refractivity contribution in [3.05, 3.63) is 111 Å². The van der Waals surface area contributed by atoms with Crippen LogP contribution in [0.4, 0.5) is 0 Å². The summed E-state index contributed by atoms with van der Waals surface area (Å²) >= 11 is 0. The molecule has 1 aromatic heterocycles. The Morgan fingerprint density at radius 2 is 1.65 bits per heavy atom. The van der Waals surface area contributed by atoms with E-state index in [-0.39, 0.29) is 17.1 Å². The first-order chi connectivity index (χ1) is 15.1. The second-order valence-corrected chi connectivity index (χ2v) is 7.76. The van der Waals surface area contributed by atoms with Gasteiger partial charge in [0.1, 0.15) is 11.3 Å². The lowest BCUT2D eigenvalue weighted by atomic mass is 9.98. The van der Waals surface area contributed by atoms with E-state index >= 15 is 0 Å². The van der Waals surface area contributed by atoms with Crippen molar-refractivity contribution in [1.82, 2.24) is 4.90 Å². The molecule has 1 atom stereocenters. The van der Waals surface area contributed by atoms with Crippen molar-refractivity contribution < 1.29 is 13.9 Å². The Morgan fingerprint density at radius 1 is 0.935 bits per heavy atom. The van der Waals surface area contributed by atoms with E-state index in [1.807, 2.05) is 55.5 Å². The zero-order valence-electron chi connectivity index (χ0n) is 17.3. The average Bonchev–Trinajstić information content (AvgIpc) is 3.07. The minimum Gasteiger partial charge on any atom is -0.497 e. The molecule has 0 N–H and O–H groups in total. The van der Waals surface area contributed by atoms with E-state index in [1.54, 1.807) is 36.3 Å². The zero-order valence-corrected chi connectivity index (χ0v) is 17.3. The number of para-hydroxylation sites is 1. The van der Waals surface area contributed by atoms with Gasteiger partial charge in [-0.25, -0.2) is 0 Å². The second-order valence-electron chi connectivity index (χ2n) is 7.76. The lowest BCUT2D eigenvalue weighted by Gasteiger charge is -2.25. The van der Waals surface area contributed by atoms with E-state index in [0.29, 0.717) is 28.8 Å². The molecule has 0 radical (unpaired) electrons. The predicted octanol–water partition coefficient (Wildman–Crippen LogP) is 4.86. The molecular weight excluding hydrogens is 390 g/mol. The molecule has 0 unspecified atom stereocenters. The number of fused-ring (bicyclic) bond motifs is 2. The van der Waals surface area contributed by atoms with Crippen LogP contribution in [0.5, 0.6) is 5.75 Å². The molecular formula is C26H21NO4. The highest BCUT2D eigenvalue weighted by atomic mass is 16.5. The molecule has 1 aliphatic heterocycles. The number of methoxy groups -OCH3 is 1. The highest BCUT2D eigenvalue weighted by molar-refractivity contribution is 5.99. The quantitative estimate of drug-likeness (QED) is 0.481. The van der Waals surface area contributed by atoms with Gasteiger partial charge in [-0.1, -0.05) is 54.1 Å². The van der Waals surface area contributed by atoms with E-state index in [4.69, 9.17) is 9.15 Å². The van der Waals surface area contributed by atoms with Crippen LogP contribution in [0, 0.1) is 6.92 Å². The first-order valence-corrected chi connectivity index (χ1v) is 10.1. The van der Waals surface area contributed by atoms with Crippen LogP contribution in [-0.2, 0) is 6.54 Å². The highest BCUT2D eigenvalue weighted by Gasteiger charge is 2.42. The van der Waals surface area contributed by atoms with Crippen LogP contribution in [0.2, 0.25) is 0 Å². The van der Waals surface area contributed by atoms with Crippen LogP contribution in [-0.4, -0.2) is 17.9 Å². The lowest BCUT2D eigenvalue weighted by Crippen LogP contribution is -2.29. The van der Waals surface area contributed by atoms with Crippen molar-refractivity contribution in [3.8, 4) is 5.75 Å². The summed E-state index contributed by atoms with van der Waals surface area (Å²) in [4.78, 5) is 28.6. The maximum absolute atomic E-state index is 13.5. The van der Waals surface area contributed by atoms with Gasteiger partial charge in [0, 0.05) is 6.54 Å². The van der Waals surface area contributed by atoms with Gasteiger partial charge < -0.3 is 14.1 Å². The van der Waals surface area contributed by atoms with Crippen LogP contribution in [0.25, 0.3) is 11.0 Å². The average molecular weight is 411 g/mol. The molecule has 3 aromatic carbocycles. The summed E-state index contributed by atoms with van der Waals surface area (Å²) in [5.41, 5.74) is 3.61. The summed E-state index contributed by atoms with van der Waals surface area (Å²) < 4.78 is 11.2. The number of aryl methyl sites for hydroxylation is 1. The molecule has 4 aromatic rings. The van der Waals surface area contributed by atoms with Gasteiger partial charge in [0.25, 0.3) is 5.91 Å². The van der Waals surface area contributed by atoms with Crippen LogP contribution in [0.15, 0.2) is 82.0 Å². The topological polar surface area (TPSA) is 59.8 Å². The molecule has 31 heavy (non-hydrogen) atoms. The largest absolute Gasteiger partial charge is 0.497 e. The smallest absolute Gasteiger partial charge is 0.291 e. The Bertz CT molecular complexity index is 1340. The van der Waals surface area contributed by atoms with Crippen molar-refractivity contribution in [1.29, 1.82) is 0 Å². The molecule has 1 amide bonds. The van der Waals surface area contributed by atoms with Gasteiger partial charge in [-0.05, 0) is 42.3 Å². The number of ether oxygens (including phenoxy) is 1. The van der Waals surface area contributed by atoms with E-state index < -0.39 is 6.04 Å². The molecule has 0 fully saturated rings. The molecule has 0 bridgehead atoms. The fourth-order valence-electron chi connectivity index (χ4n) is 4.15. The molecule has 2 heterocycles.